The number of nitrogens with zero attached hydrogens (tertiary/aromatic N) is 6. The van der Waals surface area contributed by atoms with Crippen LogP contribution in [-0.4, -0.2) is 63.3 Å². The Hall–Kier alpha value is -3.83. The van der Waals surface area contributed by atoms with Crippen LogP contribution in [0.1, 0.15) is 47.6 Å². The smallest absolute Gasteiger partial charge is 0.262 e. The quantitative estimate of drug-likeness (QED) is 0.463. The molecule has 2 aromatic heterocycles. The number of halogens is 1. The van der Waals surface area contributed by atoms with Crippen molar-refractivity contribution in [1.82, 2.24) is 19.1 Å². The van der Waals surface area contributed by atoms with Gasteiger partial charge in [-0.05, 0) is 87.2 Å². The maximum atomic E-state index is 14.3. The molecular formula is C28H27FN6O3S. The summed E-state index contributed by atoms with van der Waals surface area (Å²) in [5.41, 5.74) is 3.50. The molecule has 0 spiro atoms. The Labute approximate surface area is 225 Å². The van der Waals surface area contributed by atoms with Crippen LogP contribution >= 0.6 is 0 Å². The Morgan fingerprint density at radius 3 is 2.59 bits per heavy atom. The molecule has 4 heterocycles. The van der Waals surface area contributed by atoms with Crippen LogP contribution in [0.15, 0.2) is 64.3 Å². The lowest BCUT2D eigenvalue weighted by molar-refractivity contribution is 0.0771. The first-order valence-electron chi connectivity index (χ1n) is 12.7. The average Bonchev–Trinajstić information content (AvgIpc) is 3.48. The van der Waals surface area contributed by atoms with Gasteiger partial charge in [0.05, 0.1) is 28.7 Å². The fourth-order valence-electron chi connectivity index (χ4n) is 5.72. The number of carbonyl (C=O) groups excluding carboxylic acids is 1. The van der Waals surface area contributed by atoms with Gasteiger partial charge in [-0.25, -0.2) is 22.5 Å². The Kier molecular flexibility index (Phi) is 5.96. The molecule has 3 aliphatic rings. The molecule has 0 radical (unpaired) electrons. The number of pyridine rings is 1. The first-order chi connectivity index (χ1) is 18.6. The second-order valence-electron chi connectivity index (χ2n) is 10.3. The van der Waals surface area contributed by atoms with E-state index in [9.17, 15) is 17.6 Å². The summed E-state index contributed by atoms with van der Waals surface area (Å²) in [6, 6.07) is 9.59. The van der Waals surface area contributed by atoms with E-state index < -0.39 is 21.6 Å². The van der Waals surface area contributed by atoms with Gasteiger partial charge in [0.2, 0.25) is 0 Å². The van der Waals surface area contributed by atoms with Crippen molar-refractivity contribution in [3.05, 3.63) is 82.7 Å². The lowest BCUT2D eigenvalue weighted by atomic mass is 9.65. The number of aryl methyl sites for hydroxylation is 1. The number of benzene rings is 1. The Bertz CT molecular complexity index is 1710. The second kappa shape index (κ2) is 9.13. The van der Waals surface area contributed by atoms with Gasteiger partial charge in [-0.15, -0.1) is 0 Å². The number of Topliss-reactive ketones (excluding diaryl/α,β-unsaturated/α-hetero) is 1. The molecule has 0 bridgehead atoms. The monoisotopic (exact) mass is 546 g/mol. The third kappa shape index (κ3) is 4.16. The van der Waals surface area contributed by atoms with Crippen molar-refractivity contribution in [1.29, 1.82) is 0 Å². The highest BCUT2D eigenvalue weighted by molar-refractivity contribution is 8.06. The van der Waals surface area contributed by atoms with Gasteiger partial charge in [-0.1, -0.05) is 5.57 Å². The van der Waals surface area contributed by atoms with Crippen LogP contribution in [0.25, 0.3) is 11.8 Å². The molecule has 9 nitrogen and oxygen atoms in total. The summed E-state index contributed by atoms with van der Waals surface area (Å²) in [6.45, 7) is 5.42. The van der Waals surface area contributed by atoms with Crippen LogP contribution in [0.3, 0.4) is 0 Å². The van der Waals surface area contributed by atoms with Crippen molar-refractivity contribution in [2.45, 2.75) is 39.8 Å². The summed E-state index contributed by atoms with van der Waals surface area (Å²) < 4.78 is 44.2. The van der Waals surface area contributed by atoms with Gasteiger partial charge >= 0.3 is 0 Å². The standard InChI is InChI=1S/C28H27FN6O3S/c1-17-8-10-30-24(12-17)26(36)28-14-20-15-31-35(23-6-4-22(29)5-7-23)25(20)13-21(28)9-11-34(16-28)39(37,38)27-18(2)32-19(3)33-27/h4-8,10,12-13,15,19H,9,11,14,16H2,1-3H3/t19?,28-/m0/s1. The number of rotatable bonds is 4. The summed E-state index contributed by atoms with van der Waals surface area (Å²) in [5, 5.41) is 4.50. The Morgan fingerprint density at radius 2 is 1.90 bits per heavy atom. The number of hydrogen-bond donors (Lipinski definition) is 0. The molecule has 2 atom stereocenters. The number of sulfonamides is 1. The van der Waals surface area contributed by atoms with Crippen molar-refractivity contribution in [2.75, 3.05) is 13.1 Å². The molecule has 1 saturated heterocycles. The topological polar surface area (TPSA) is 110 Å². The number of aromatic nitrogens is 3. The summed E-state index contributed by atoms with van der Waals surface area (Å²) in [4.78, 5) is 27.2. The molecule has 200 valence electrons. The van der Waals surface area contributed by atoms with Gasteiger partial charge in [0.1, 0.15) is 17.7 Å². The minimum Gasteiger partial charge on any atom is -0.291 e. The van der Waals surface area contributed by atoms with Gasteiger partial charge in [0.25, 0.3) is 10.0 Å². The van der Waals surface area contributed by atoms with E-state index in [0.29, 0.717) is 23.5 Å². The molecule has 0 saturated carbocycles. The van der Waals surface area contributed by atoms with E-state index in [1.165, 1.54) is 16.4 Å². The number of hydrogen-bond acceptors (Lipinski definition) is 7. The van der Waals surface area contributed by atoms with Crippen LogP contribution in [0, 0.1) is 18.2 Å². The second-order valence-corrected chi connectivity index (χ2v) is 12.1. The van der Waals surface area contributed by atoms with Crippen LogP contribution in [0.2, 0.25) is 0 Å². The van der Waals surface area contributed by atoms with Crippen molar-refractivity contribution in [3.8, 4) is 5.69 Å². The van der Waals surface area contributed by atoms with Crippen LogP contribution in [-0.2, 0) is 16.4 Å². The van der Waals surface area contributed by atoms with E-state index in [1.807, 2.05) is 19.1 Å². The minimum atomic E-state index is -3.98. The first-order valence-corrected chi connectivity index (χ1v) is 14.2. The summed E-state index contributed by atoms with van der Waals surface area (Å²) in [6.07, 6.45) is 5.37. The van der Waals surface area contributed by atoms with Crippen LogP contribution < -0.4 is 0 Å². The van der Waals surface area contributed by atoms with E-state index in [2.05, 4.69) is 20.1 Å². The zero-order chi connectivity index (χ0) is 27.5. The van der Waals surface area contributed by atoms with Gasteiger partial charge in [0, 0.05) is 19.3 Å². The predicted octanol–water partition coefficient (Wildman–Crippen LogP) is 3.78. The van der Waals surface area contributed by atoms with E-state index in [4.69, 9.17) is 0 Å². The molecule has 1 aliphatic carbocycles. The third-order valence-electron chi connectivity index (χ3n) is 7.61. The predicted molar refractivity (Wildman–Crippen MR) is 146 cm³/mol. The molecule has 39 heavy (non-hydrogen) atoms. The normalized spacial score (nSPS) is 23.0. The Morgan fingerprint density at radius 1 is 1.13 bits per heavy atom. The highest BCUT2D eigenvalue weighted by atomic mass is 32.2. The van der Waals surface area contributed by atoms with Gasteiger partial charge in [-0.3, -0.25) is 14.8 Å². The van der Waals surface area contributed by atoms with Crippen molar-refractivity contribution < 1.29 is 17.6 Å². The molecular weight excluding hydrogens is 519 g/mol. The number of aliphatic imine (C=N–C) groups is 2. The van der Waals surface area contributed by atoms with E-state index in [1.54, 1.807) is 49.1 Å². The molecule has 3 aromatic rings. The van der Waals surface area contributed by atoms with Crippen LogP contribution in [0.5, 0.6) is 0 Å². The summed E-state index contributed by atoms with van der Waals surface area (Å²) in [7, 11) is -3.98. The van der Waals surface area contributed by atoms with Crippen molar-refractivity contribution in [3.63, 3.8) is 0 Å². The molecule has 0 N–H and O–H groups in total. The first kappa shape index (κ1) is 25.4. The molecule has 6 rings (SSSR count). The van der Waals surface area contributed by atoms with Crippen LogP contribution in [0.4, 0.5) is 4.39 Å². The highest BCUT2D eigenvalue weighted by Crippen LogP contribution is 2.47. The third-order valence-corrected chi connectivity index (χ3v) is 9.49. The van der Waals surface area contributed by atoms with E-state index >= 15 is 0 Å². The molecule has 1 fully saturated rings. The van der Waals surface area contributed by atoms with E-state index in [0.717, 1.165) is 22.4 Å². The Balaban J connectivity index is 1.46. The van der Waals surface area contributed by atoms with Crippen molar-refractivity contribution >= 4 is 32.6 Å². The molecule has 2 aliphatic heterocycles. The maximum absolute atomic E-state index is 14.3. The number of piperidine rings is 1. The number of fused-ring (bicyclic) bond motifs is 2. The van der Waals surface area contributed by atoms with Gasteiger partial charge < -0.3 is 0 Å². The largest absolute Gasteiger partial charge is 0.291 e. The van der Waals surface area contributed by atoms with Gasteiger partial charge in [0.15, 0.2) is 10.8 Å². The fraction of sp³-hybridized carbons (Fsp3) is 0.321. The summed E-state index contributed by atoms with van der Waals surface area (Å²) >= 11 is 0. The lowest BCUT2D eigenvalue weighted by Crippen LogP contribution is -2.54. The fourth-order valence-corrected chi connectivity index (χ4v) is 7.40. The molecule has 0 amide bonds. The lowest BCUT2D eigenvalue weighted by Gasteiger charge is -2.44. The van der Waals surface area contributed by atoms with Crippen molar-refractivity contribution in [2.24, 2.45) is 15.4 Å². The molecule has 1 unspecified atom stereocenters. The highest BCUT2D eigenvalue weighted by Gasteiger charge is 2.52. The number of carbonyl (C=O) groups is 1. The number of ketones is 1. The molecule has 1 aromatic carbocycles. The van der Waals surface area contributed by atoms with E-state index in [-0.39, 0.29) is 36.2 Å². The molecule has 11 heteroatoms. The zero-order valence-electron chi connectivity index (χ0n) is 21.8. The maximum Gasteiger partial charge on any atom is 0.262 e. The zero-order valence-corrected chi connectivity index (χ0v) is 22.6. The average molecular weight is 547 g/mol. The minimum absolute atomic E-state index is 0.0423. The van der Waals surface area contributed by atoms with Gasteiger partial charge in [-0.2, -0.15) is 9.40 Å². The SMILES string of the molecule is CC1=NC(C)N=C1S(=O)(=O)N1CCC2=Cc3c(cnn3-c3ccc(F)cc3)C[C@]2(C(=O)c2cc(C)ccn2)C1. The summed E-state index contributed by atoms with van der Waals surface area (Å²) in [5.74, 6) is -0.576.